The van der Waals surface area contributed by atoms with Crippen LogP contribution in [0.15, 0.2) is 16.6 Å². The molecule has 0 saturated heterocycles. The summed E-state index contributed by atoms with van der Waals surface area (Å²) in [7, 11) is 0. The summed E-state index contributed by atoms with van der Waals surface area (Å²) in [5.74, 6) is 0.938. The molecule has 0 spiro atoms. The first-order valence-electron chi connectivity index (χ1n) is 5.26. The number of rotatable bonds is 2. The Labute approximate surface area is 104 Å². The van der Waals surface area contributed by atoms with Gasteiger partial charge < -0.3 is 15.2 Å². The normalized spacial score (nSPS) is 15.5. The van der Waals surface area contributed by atoms with Crippen molar-refractivity contribution >= 4 is 15.9 Å². The molecule has 0 aromatic heterocycles. The van der Waals surface area contributed by atoms with E-state index in [4.69, 9.17) is 15.2 Å². The molecule has 1 aromatic rings. The Bertz CT molecular complexity index is 399. The molecule has 1 aromatic carbocycles. The van der Waals surface area contributed by atoms with Crippen LogP contribution in [0.2, 0.25) is 0 Å². The molecule has 16 heavy (non-hydrogen) atoms. The van der Waals surface area contributed by atoms with Gasteiger partial charge >= 0.3 is 0 Å². The van der Waals surface area contributed by atoms with Crippen LogP contribution in [0.25, 0.3) is 0 Å². The number of nitrogens with two attached hydrogens (primary N) is 1. The van der Waals surface area contributed by atoms with Crippen molar-refractivity contribution in [1.82, 2.24) is 0 Å². The van der Waals surface area contributed by atoms with Gasteiger partial charge in [-0.15, -0.1) is 0 Å². The van der Waals surface area contributed by atoms with Crippen LogP contribution in [-0.4, -0.2) is 12.3 Å². The first kappa shape index (κ1) is 11.9. The van der Waals surface area contributed by atoms with Crippen LogP contribution in [0, 0.1) is 0 Å². The van der Waals surface area contributed by atoms with Gasteiger partial charge in [-0.1, -0.05) is 15.9 Å². The van der Waals surface area contributed by atoms with Crippen LogP contribution in [0.4, 0.5) is 0 Å². The Balaban J connectivity index is 2.39. The highest BCUT2D eigenvalue weighted by Crippen LogP contribution is 2.33. The molecule has 0 amide bonds. The second kappa shape index (κ2) is 4.35. The van der Waals surface area contributed by atoms with Crippen LogP contribution in [-0.2, 0) is 17.8 Å². The maximum atomic E-state index is 6.05. The molecule has 1 aliphatic rings. The fraction of sp³-hybridized carbons (Fsp3) is 0.500. The lowest BCUT2D eigenvalue weighted by Gasteiger charge is -2.25. The van der Waals surface area contributed by atoms with Crippen LogP contribution in [0.1, 0.15) is 25.0 Å². The van der Waals surface area contributed by atoms with Gasteiger partial charge in [-0.25, -0.2) is 0 Å². The summed E-state index contributed by atoms with van der Waals surface area (Å²) < 4.78 is 11.9. The second-order valence-electron chi connectivity index (χ2n) is 4.83. The first-order chi connectivity index (χ1) is 7.46. The third-order valence-corrected chi connectivity index (χ3v) is 2.86. The third-order valence-electron chi connectivity index (χ3n) is 2.40. The summed E-state index contributed by atoms with van der Waals surface area (Å²) in [5.41, 5.74) is 8.03. The molecule has 0 fully saturated rings. The summed E-state index contributed by atoms with van der Waals surface area (Å²) in [6, 6.07) is 4.10. The van der Waals surface area contributed by atoms with E-state index in [2.05, 4.69) is 22.0 Å². The van der Waals surface area contributed by atoms with Crippen LogP contribution in [0.5, 0.6) is 5.75 Å². The number of hydrogen-bond acceptors (Lipinski definition) is 3. The monoisotopic (exact) mass is 285 g/mol. The average molecular weight is 286 g/mol. The molecule has 2 rings (SSSR count). The first-order valence-corrected chi connectivity index (χ1v) is 6.06. The van der Waals surface area contributed by atoms with Crippen molar-refractivity contribution < 1.29 is 9.47 Å². The smallest absolute Gasteiger partial charge is 0.189 e. The molecule has 0 aliphatic carbocycles. The van der Waals surface area contributed by atoms with Gasteiger partial charge in [0, 0.05) is 15.6 Å². The second-order valence-corrected chi connectivity index (χ2v) is 5.74. The van der Waals surface area contributed by atoms with E-state index in [1.807, 2.05) is 19.9 Å². The number of hydrogen-bond donors (Lipinski definition) is 1. The summed E-state index contributed by atoms with van der Waals surface area (Å²) in [6.45, 7) is 4.96. The SMILES string of the molecule is CC(C)(N)Cc1cc(Br)cc2c1OCOC2. The van der Waals surface area contributed by atoms with E-state index in [0.29, 0.717) is 13.4 Å². The van der Waals surface area contributed by atoms with E-state index in [-0.39, 0.29) is 5.54 Å². The van der Waals surface area contributed by atoms with Crippen molar-refractivity contribution in [3.8, 4) is 5.75 Å². The highest BCUT2D eigenvalue weighted by atomic mass is 79.9. The van der Waals surface area contributed by atoms with Crippen molar-refractivity contribution in [2.24, 2.45) is 5.73 Å². The Morgan fingerprint density at radius 3 is 2.88 bits per heavy atom. The van der Waals surface area contributed by atoms with Crippen molar-refractivity contribution in [3.05, 3.63) is 27.7 Å². The van der Waals surface area contributed by atoms with Crippen molar-refractivity contribution in [2.75, 3.05) is 6.79 Å². The Morgan fingerprint density at radius 2 is 2.19 bits per heavy atom. The fourth-order valence-electron chi connectivity index (χ4n) is 1.88. The molecule has 2 N–H and O–H groups in total. The molecule has 0 bridgehead atoms. The minimum Gasteiger partial charge on any atom is -0.467 e. The van der Waals surface area contributed by atoms with E-state index >= 15 is 0 Å². The molecule has 88 valence electrons. The van der Waals surface area contributed by atoms with Gasteiger partial charge in [-0.3, -0.25) is 0 Å². The number of fused-ring (bicyclic) bond motifs is 1. The fourth-order valence-corrected chi connectivity index (χ4v) is 2.43. The predicted molar refractivity (Wildman–Crippen MR) is 66.4 cm³/mol. The molecule has 0 saturated carbocycles. The van der Waals surface area contributed by atoms with Gasteiger partial charge in [0.25, 0.3) is 0 Å². The quantitative estimate of drug-likeness (QED) is 0.909. The predicted octanol–water partition coefficient (Wildman–Crippen LogP) is 2.60. The number of ether oxygens (including phenoxy) is 2. The molecule has 0 unspecified atom stereocenters. The maximum absolute atomic E-state index is 6.05. The average Bonchev–Trinajstić information content (AvgIpc) is 2.14. The van der Waals surface area contributed by atoms with E-state index in [9.17, 15) is 0 Å². The van der Waals surface area contributed by atoms with E-state index in [1.165, 1.54) is 0 Å². The van der Waals surface area contributed by atoms with Crippen LogP contribution in [0.3, 0.4) is 0 Å². The lowest BCUT2D eigenvalue weighted by atomic mass is 9.94. The minimum atomic E-state index is -0.240. The van der Waals surface area contributed by atoms with E-state index in [1.54, 1.807) is 0 Å². The standard InChI is InChI=1S/C12H16BrNO2/c1-12(2,14)5-8-3-10(13)4-9-6-15-7-16-11(8)9/h3-4H,5-7,14H2,1-2H3. The van der Waals surface area contributed by atoms with Crippen molar-refractivity contribution in [1.29, 1.82) is 0 Å². The van der Waals surface area contributed by atoms with E-state index < -0.39 is 0 Å². The number of benzene rings is 1. The zero-order valence-corrected chi connectivity index (χ0v) is 11.1. The molecule has 3 nitrogen and oxygen atoms in total. The lowest BCUT2D eigenvalue weighted by molar-refractivity contribution is -0.0172. The Hall–Kier alpha value is -0.580. The van der Waals surface area contributed by atoms with Gasteiger partial charge in [0.05, 0.1) is 6.61 Å². The third kappa shape index (κ3) is 2.75. The minimum absolute atomic E-state index is 0.240. The Morgan fingerprint density at radius 1 is 1.44 bits per heavy atom. The highest BCUT2D eigenvalue weighted by molar-refractivity contribution is 9.10. The van der Waals surface area contributed by atoms with Crippen LogP contribution >= 0.6 is 15.9 Å². The largest absolute Gasteiger partial charge is 0.467 e. The Kier molecular flexibility index (Phi) is 3.24. The van der Waals surface area contributed by atoms with Gasteiger partial charge in [-0.05, 0) is 38.0 Å². The summed E-state index contributed by atoms with van der Waals surface area (Å²) >= 11 is 3.50. The van der Waals surface area contributed by atoms with Crippen LogP contribution < -0.4 is 10.5 Å². The molecular weight excluding hydrogens is 270 g/mol. The zero-order valence-electron chi connectivity index (χ0n) is 9.55. The molecule has 1 aliphatic heterocycles. The number of halogens is 1. The summed E-state index contributed by atoms with van der Waals surface area (Å²) in [5, 5.41) is 0. The van der Waals surface area contributed by atoms with E-state index in [0.717, 1.165) is 27.8 Å². The molecular formula is C12H16BrNO2. The van der Waals surface area contributed by atoms with Gasteiger partial charge in [0.1, 0.15) is 5.75 Å². The van der Waals surface area contributed by atoms with Crippen molar-refractivity contribution in [3.63, 3.8) is 0 Å². The summed E-state index contributed by atoms with van der Waals surface area (Å²) in [4.78, 5) is 0. The van der Waals surface area contributed by atoms with Gasteiger partial charge in [-0.2, -0.15) is 0 Å². The van der Waals surface area contributed by atoms with Gasteiger partial charge in [0.15, 0.2) is 6.79 Å². The molecule has 0 atom stereocenters. The maximum Gasteiger partial charge on any atom is 0.189 e. The molecule has 4 heteroatoms. The zero-order chi connectivity index (χ0) is 11.8. The topological polar surface area (TPSA) is 44.5 Å². The molecule has 0 radical (unpaired) electrons. The highest BCUT2D eigenvalue weighted by Gasteiger charge is 2.20. The van der Waals surface area contributed by atoms with Gasteiger partial charge in [0.2, 0.25) is 0 Å². The lowest BCUT2D eigenvalue weighted by Crippen LogP contribution is -2.34. The molecule has 1 heterocycles. The van der Waals surface area contributed by atoms with Crippen molar-refractivity contribution in [2.45, 2.75) is 32.4 Å². The summed E-state index contributed by atoms with van der Waals surface area (Å²) in [6.07, 6.45) is 0.786.